The number of nitrogens with zero attached hydrogens (tertiary/aromatic N) is 1. The van der Waals surface area contributed by atoms with Crippen molar-refractivity contribution in [3.8, 4) is 0 Å². The Bertz CT molecular complexity index is 523. The molecule has 0 aliphatic rings. The maximum Gasteiger partial charge on any atom is 0.251 e. The van der Waals surface area contributed by atoms with Crippen molar-refractivity contribution in [1.82, 2.24) is 9.97 Å². The van der Waals surface area contributed by atoms with Gasteiger partial charge in [-0.3, -0.25) is 9.78 Å². The molecule has 0 saturated heterocycles. The Morgan fingerprint density at radius 1 is 1.33 bits per heavy atom. The molecule has 1 heterocycles. The van der Waals surface area contributed by atoms with Crippen LogP contribution in [0.25, 0.3) is 0 Å². The number of aromatic amines is 1. The zero-order valence-electron chi connectivity index (χ0n) is 9.16. The highest BCUT2D eigenvalue weighted by Crippen LogP contribution is 2.18. The van der Waals surface area contributed by atoms with E-state index in [9.17, 15) is 13.2 Å². The van der Waals surface area contributed by atoms with Crippen molar-refractivity contribution in [3.05, 3.63) is 22.1 Å². The minimum Gasteiger partial charge on any atom is -0.297 e. The predicted molar refractivity (Wildman–Crippen MR) is 56.7 cm³/mol. The Labute approximate surface area is 88.5 Å². The monoisotopic (exact) mass is 230 g/mol. The molecule has 0 radical (unpaired) electrons. The van der Waals surface area contributed by atoms with Crippen LogP contribution in [0.4, 0.5) is 0 Å². The Hall–Kier alpha value is -1.17. The number of hydrogen-bond acceptors (Lipinski definition) is 4. The van der Waals surface area contributed by atoms with Gasteiger partial charge in [0.25, 0.3) is 5.56 Å². The molecule has 84 valence electrons. The van der Waals surface area contributed by atoms with Gasteiger partial charge in [-0.05, 0) is 0 Å². The molecule has 1 aromatic heterocycles. The zero-order valence-corrected chi connectivity index (χ0v) is 9.97. The van der Waals surface area contributed by atoms with E-state index in [0.29, 0.717) is 5.69 Å². The van der Waals surface area contributed by atoms with Crippen molar-refractivity contribution >= 4 is 9.84 Å². The SMILES string of the molecule is CC(C)(C)c1cc(=O)[nH]c(S(C)(=O)=O)n1. The molecule has 0 aliphatic heterocycles. The van der Waals surface area contributed by atoms with Crippen molar-refractivity contribution in [2.75, 3.05) is 6.26 Å². The maximum atomic E-state index is 11.2. The minimum atomic E-state index is -3.47. The van der Waals surface area contributed by atoms with Gasteiger partial charge in [0.2, 0.25) is 15.0 Å². The number of rotatable bonds is 1. The summed E-state index contributed by atoms with van der Waals surface area (Å²) in [5, 5.41) is -0.278. The van der Waals surface area contributed by atoms with Gasteiger partial charge >= 0.3 is 0 Å². The molecule has 1 N–H and O–H groups in total. The van der Waals surface area contributed by atoms with Gasteiger partial charge in [-0.2, -0.15) is 0 Å². The summed E-state index contributed by atoms with van der Waals surface area (Å²) in [5.74, 6) is 0. The molecule has 0 saturated carbocycles. The Morgan fingerprint density at radius 2 is 1.87 bits per heavy atom. The van der Waals surface area contributed by atoms with Gasteiger partial charge in [-0.15, -0.1) is 0 Å². The fourth-order valence-electron chi connectivity index (χ4n) is 0.995. The number of H-pyrrole nitrogens is 1. The molecule has 1 rings (SSSR count). The Morgan fingerprint density at radius 3 is 2.27 bits per heavy atom. The van der Waals surface area contributed by atoms with Crippen LogP contribution in [0.1, 0.15) is 26.5 Å². The third kappa shape index (κ3) is 2.89. The molecule has 15 heavy (non-hydrogen) atoms. The highest BCUT2D eigenvalue weighted by atomic mass is 32.2. The molecule has 0 fully saturated rings. The average Bonchev–Trinajstić information content (AvgIpc) is 1.99. The lowest BCUT2D eigenvalue weighted by molar-refractivity contribution is 0.547. The van der Waals surface area contributed by atoms with E-state index >= 15 is 0 Å². The summed E-state index contributed by atoms with van der Waals surface area (Å²) in [6.45, 7) is 5.59. The predicted octanol–water partition coefficient (Wildman–Crippen LogP) is 0.471. The Kier molecular flexibility index (Phi) is 2.73. The van der Waals surface area contributed by atoms with Gasteiger partial charge in [0.15, 0.2) is 0 Å². The highest BCUT2D eigenvalue weighted by molar-refractivity contribution is 7.90. The molecule has 1 aromatic rings. The van der Waals surface area contributed by atoms with Crippen molar-refractivity contribution < 1.29 is 8.42 Å². The second kappa shape index (κ2) is 3.44. The van der Waals surface area contributed by atoms with Crippen molar-refractivity contribution in [2.45, 2.75) is 31.3 Å². The fourth-order valence-corrected chi connectivity index (χ4v) is 1.55. The normalized spacial score (nSPS) is 12.8. The van der Waals surface area contributed by atoms with Gasteiger partial charge < -0.3 is 0 Å². The van der Waals surface area contributed by atoms with Gasteiger partial charge in [0, 0.05) is 17.7 Å². The number of aromatic nitrogens is 2. The Balaban J connectivity index is 3.50. The first-order valence-corrected chi connectivity index (χ1v) is 6.32. The van der Waals surface area contributed by atoms with Crippen LogP contribution in [0, 0.1) is 0 Å². The smallest absolute Gasteiger partial charge is 0.251 e. The first kappa shape index (κ1) is 11.9. The van der Waals surface area contributed by atoms with E-state index in [1.807, 2.05) is 20.8 Å². The van der Waals surface area contributed by atoms with E-state index in [0.717, 1.165) is 6.26 Å². The molecule has 0 bridgehead atoms. The summed E-state index contributed by atoms with van der Waals surface area (Å²) in [7, 11) is -3.47. The second-order valence-electron chi connectivity index (χ2n) is 4.46. The lowest BCUT2D eigenvalue weighted by Gasteiger charge is -2.17. The molecular weight excluding hydrogens is 216 g/mol. The fraction of sp³-hybridized carbons (Fsp3) is 0.556. The maximum absolute atomic E-state index is 11.2. The molecule has 5 nitrogen and oxygen atoms in total. The van der Waals surface area contributed by atoms with Gasteiger partial charge in [0.1, 0.15) is 0 Å². The van der Waals surface area contributed by atoms with Crippen LogP contribution in [0.15, 0.2) is 16.0 Å². The highest BCUT2D eigenvalue weighted by Gasteiger charge is 2.19. The van der Waals surface area contributed by atoms with Crippen molar-refractivity contribution in [3.63, 3.8) is 0 Å². The summed E-state index contributed by atoms with van der Waals surface area (Å²) >= 11 is 0. The quantitative estimate of drug-likeness (QED) is 0.711. The zero-order chi connectivity index (χ0) is 11.9. The molecular formula is C9H14N2O3S. The molecule has 0 unspecified atom stereocenters. The van der Waals surface area contributed by atoms with E-state index in [1.165, 1.54) is 6.07 Å². The summed E-state index contributed by atoms with van der Waals surface area (Å²) in [6.07, 6.45) is 1.01. The number of nitrogens with one attached hydrogen (secondary N) is 1. The van der Waals surface area contributed by atoms with Crippen LogP contribution in [-0.4, -0.2) is 24.6 Å². The second-order valence-corrected chi connectivity index (χ2v) is 6.39. The largest absolute Gasteiger partial charge is 0.297 e. The summed E-state index contributed by atoms with van der Waals surface area (Å²) < 4.78 is 22.5. The van der Waals surface area contributed by atoms with Crippen LogP contribution < -0.4 is 5.56 Å². The summed E-state index contributed by atoms with van der Waals surface area (Å²) in [6, 6.07) is 1.31. The minimum absolute atomic E-state index is 0.278. The van der Waals surface area contributed by atoms with E-state index in [1.54, 1.807) is 0 Å². The van der Waals surface area contributed by atoms with E-state index in [4.69, 9.17) is 0 Å². The molecule has 6 heteroatoms. The topological polar surface area (TPSA) is 79.9 Å². The summed E-state index contributed by atoms with van der Waals surface area (Å²) in [5.41, 5.74) is -0.338. The number of hydrogen-bond donors (Lipinski definition) is 1. The van der Waals surface area contributed by atoms with Crippen LogP contribution in [-0.2, 0) is 15.3 Å². The lowest BCUT2D eigenvalue weighted by Crippen LogP contribution is -2.22. The molecule has 0 aromatic carbocycles. The third-order valence-electron chi connectivity index (χ3n) is 1.84. The van der Waals surface area contributed by atoms with Gasteiger partial charge in [0.05, 0.1) is 5.69 Å². The first-order chi connectivity index (χ1) is 6.60. The van der Waals surface area contributed by atoms with Crippen LogP contribution in [0.3, 0.4) is 0 Å². The number of sulfone groups is 1. The molecule has 0 atom stereocenters. The van der Waals surface area contributed by atoms with Gasteiger partial charge in [-0.25, -0.2) is 13.4 Å². The standard InChI is InChI=1S/C9H14N2O3S/c1-9(2,3)6-5-7(12)11-8(10-6)15(4,13)14/h5H,1-4H3,(H,10,11,12). The first-order valence-electron chi connectivity index (χ1n) is 4.42. The van der Waals surface area contributed by atoms with Crippen LogP contribution in [0.5, 0.6) is 0 Å². The van der Waals surface area contributed by atoms with E-state index in [-0.39, 0.29) is 10.6 Å². The van der Waals surface area contributed by atoms with Crippen molar-refractivity contribution in [2.24, 2.45) is 0 Å². The molecule has 0 aliphatic carbocycles. The van der Waals surface area contributed by atoms with Crippen LogP contribution >= 0.6 is 0 Å². The van der Waals surface area contributed by atoms with Gasteiger partial charge in [-0.1, -0.05) is 20.8 Å². The van der Waals surface area contributed by atoms with E-state index in [2.05, 4.69) is 9.97 Å². The molecule has 0 amide bonds. The van der Waals surface area contributed by atoms with E-state index < -0.39 is 15.4 Å². The van der Waals surface area contributed by atoms with Crippen LogP contribution in [0.2, 0.25) is 0 Å². The average molecular weight is 230 g/mol. The third-order valence-corrected chi connectivity index (χ3v) is 2.74. The summed E-state index contributed by atoms with van der Waals surface area (Å²) in [4.78, 5) is 17.4. The molecule has 0 spiro atoms. The lowest BCUT2D eigenvalue weighted by atomic mass is 9.92. The van der Waals surface area contributed by atoms with Crippen molar-refractivity contribution in [1.29, 1.82) is 0 Å².